The number of allylic oxidation sites excluding steroid dienone is 4. The fourth-order valence-electron chi connectivity index (χ4n) is 17.8. The first-order chi connectivity index (χ1) is 70.0. The third-order valence-corrected chi connectivity index (χ3v) is 27.4. The molecule has 0 aromatic rings. The van der Waals surface area contributed by atoms with Gasteiger partial charge >= 0.3 is 35.8 Å². The Morgan fingerprint density at radius 2 is 0.336 bits per heavy atom. The molecule has 0 aliphatic carbocycles. The number of aliphatic hydroxyl groups excluding tert-OH is 5. The summed E-state index contributed by atoms with van der Waals surface area (Å²) in [6.45, 7) is 18.8. The van der Waals surface area contributed by atoms with Crippen LogP contribution in [0.25, 0.3) is 0 Å². The van der Waals surface area contributed by atoms with Gasteiger partial charge in [-0.2, -0.15) is 0 Å². The molecule has 0 aromatic heterocycles. The number of hydrogen-bond donors (Lipinski definition) is 5. The molecule has 18 heteroatoms. The van der Waals surface area contributed by atoms with Crippen LogP contribution in [0.5, 0.6) is 0 Å². The van der Waals surface area contributed by atoms with Crippen LogP contribution in [0.15, 0.2) is 48.6 Å². The van der Waals surface area contributed by atoms with Crippen LogP contribution >= 0.6 is 0 Å². The van der Waals surface area contributed by atoms with E-state index >= 15 is 0 Å². The van der Waals surface area contributed by atoms with Gasteiger partial charge in [-0.25, -0.2) is 0 Å². The van der Waals surface area contributed by atoms with Crippen LogP contribution in [0, 0.1) is 5.92 Å². The maximum absolute atomic E-state index is 12.0. The molecule has 0 rings (SSSR count). The molecule has 0 saturated heterocycles. The van der Waals surface area contributed by atoms with Crippen molar-refractivity contribution in [1.29, 1.82) is 0 Å². The van der Waals surface area contributed by atoms with Crippen molar-refractivity contribution in [3.8, 4) is 0 Å². The van der Waals surface area contributed by atoms with Gasteiger partial charge in [0, 0.05) is 38.5 Å². The standard InChI is InChI=1S/C43H84O5.C42H78O6.C40H74O7/c1-4-6-8-24-32-40(3)33-25-18-14-10-12-16-20-28-36-42(45)47-38-30-22-23-31-39-48-43(46)37-29-21-17-13-11-15-19-27-35-41(44)34-26-9-7-5-2;1-3-5-7-23-31-39(43)33-25-17-13-9-11-15-19-27-35-41(45)47-37-29-21-22-30-38-48-42(46)36-28-20-16-12-10-14-18-26-34-40(44)32-24-8-6-4-2;1-3-5-7-21-27-37(41)29-23-17-13-9-11-15-19-25-31-39(43)46-35-33-45-34-36-47-40(44)32-26-20-16-12-10-14-18-24-30-38(42)28-22-8-6-4-2/h40-41,44H,4-39H2,1-3H3;17-18,25-26,39-40,43-44H,3-16,19-24,27-38H2,1-2H3;17-18,23-24,37-38,41-42H,3-16,19-22,25-36H2,1-2H3/b;25-17-,26-18-;23-17-,24-18-. The van der Waals surface area contributed by atoms with Gasteiger partial charge in [0.25, 0.3) is 0 Å². The Labute approximate surface area is 882 Å². The van der Waals surface area contributed by atoms with Crippen molar-refractivity contribution in [1.82, 2.24) is 0 Å². The minimum Gasteiger partial charge on any atom is -0.466 e. The first-order valence-corrected chi connectivity index (χ1v) is 61.5. The summed E-state index contributed by atoms with van der Waals surface area (Å²) in [5, 5.41) is 50.0. The third-order valence-electron chi connectivity index (χ3n) is 27.4. The predicted molar refractivity (Wildman–Crippen MR) is 602 cm³/mol. The summed E-state index contributed by atoms with van der Waals surface area (Å²) in [7, 11) is 0. The van der Waals surface area contributed by atoms with Crippen molar-refractivity contribution < 1.29 is 87.5 Å². The zero-order chi connectivity index (χ0) is 105. The van der Waals surface area contributed by atoms with Crippen molar-refractivity contribution >= 4 is 35.8 Å². The van der Waals surface area contributed by atoms with Crippen molar-refractivity contribution in [3.63, 3.8) is 0 Å². The lowest BCUT2D eigenvalue weighted by Gasteiger charge is -2.10. The highest BCUT2D eigenvalue weighted by molar-refractivity contribution is 5.71. The SMILES string of the molecule is CCCCCCC(C)CCCCCCCCCCC(=O)OCCCCCCOC(=O)CCCCCCCCCCC(O)CCCCCC.CCCCCCC(O)C/C=C\CCCCCCCC(=O)OCCCCCCOC(=O)CCCCCCC/C=C\CC(O)CCCCCC.CCCCCCC(O)C/C=C\CCCCCCCC(=O)OCCOCCOC(=O)CCCCCCC/C=C\CC(O)CCCCCC. The van der Waals surface area contributed by atoms with Gasteiger partial charge < -0.3 is 58.7 Å². The van der Waals surface area contributed by atoms with Gasteiger partial charge in [-0.05, 0) is 211 Å². The number of rotatable bonds is 112. The lowest BCUT2D eigenvalue weighted by Crippen LogP contribution is -2.14. The second kappa shape index (κ2) is 123. The monoisotopic (exact) mass is 2030 g/mol. The van der Waals surface area contributed by atoms with E-state index in [1.807, 2.05) is 0 Å². The van der Waals surface area contributed by atoms with E-state index in [2.05, 4.69) is 97.1 Å². The molecular formula is C125H236O18. The molecule has 5 N–H and O–H groups in total. The zero-order valence-electron chi connectivity index (χ0n) is 94.9. The Morgan fingerprint density at radius 3 is 0.545 bits per heavy atom. The van der Waals surface area contributed by atoms with Crippen molar-refractivity contribution in [3.05, 3.63) is 48.6 Å². The van der Waals surface area contributed by atoms with E-state index in [4.69, 9.17) is 33.2 Å². The summed E-state index contributed by atoms with van der Waals surface area (Å²) in [5.74, 6) is 0.245. The molecule has 0 radical (unpaired) electrons. The van der Waals surface area contributed by atoms with Crippen LogP contribution in [-0.2, 0) is 61.9 Å². The molecule has 143 heavy (non-hydrogen) atoms. The fraction of sp³-hybridized carbons (Fsp3) is 0.888. The maximum atomic E-state index is 12.0. The molecule has 0 aliphatic heterocycles. The van der Waals surface area contributed by atoms with Crippen LogP contribution in [0.4, 0.5) is 0 Å². The molecule has 6 atom stereocenters. The molecule has 0 bridgehead atoms. The lowest BCUT2D eigenvalue weighted by atomic mass is 9.96. The fourth-order valence-corrected chi connectivity index (χ4v) is 17.8. The smallest absolute Gasteiger partial charge is 0.305 e. The Balaban J connectivity index is -0.00000206. The van der Waals surface area contributed by atoms with E-state index in [9.17, 15) is 54.3 Å². The summed E-state index contributed by atoms with van der Waals surface area (Å²) in [5.41, 5.74) is 0. The number of esters is 6. The molecule has 0 heterocycles. The van der Waals surface area contributed by atoms with Crippen molar-refractivity contribution in [2.45, 2.75) is 657 Å². The van der Waals surface area contributed by atoms with Gasteiger partial charge in [0.1, 0.15) is 13.2 Å². The van der Waals surface area contributed by atoms with E-state index in [0.717, 1.165) is 308 Å². The molecule has 0 aromatic carbocycles. The number of carbonyl (C=O) groups excluding carboxylic acids is 6. The van der Waals surface area contributed by atoms with Crippen molar-refractivity contribution in [2.24, 2.45) is 5.92 Å². The highest BCUT2D eigenvalue weighted by atomic mass is 16.6. The van der Waals surface area contributed by atoms with Crippen LogP contribution in [0.3, 0.4) is 0 Å². The number of hydrogen-bond acceptors (Lipinski definition) is 18. The number of ether oxygens (including phenoxy) is 7. The topological polar surface area (TPSA) is 268 Å². The average Bonchev–Trinajstić information content (AvgIpc) is 1.03. The Morgan fingerprint density at radius 1 is 0.175 bits per heavy atom. The molecule has 0 spiro atoms. The van der Waals surface area contributed by atoms with E-state index in [-0.39, 0.29) is 79.5 Å². The van der Waals surface area contributed by atoms with E-state index in [0.29, 0.717) is 78.2 Å². The normalized spacial score (nSPS) is 12.9. The van der Waals surface area contributed by atoms with E-state index < -0.39 is 0 Å². The minimum atomic E-state index is -0.198. The van der Waals surface area contributed by atoms with Gasteiger partial charge in [-0.1, -0.05) is 431 Å². The molecule has 18 nitrogen and oxygen atoms in total. The van der Waals surface area contributed by atoms with Crippen LogP contribution < -0.4 is 0 Å². The number of carbonyl (C=O) groups is 6. The highest BCUT2D eigenvalue weighted by Crippen LogP contribution is 2.23. The maximum Gasteiger partial charge on any atom is 0.305 e. The third kappa shape index (κ3) is 126. The van der Waals surface area contributed by atoms with Gasteiger partial charge in [0.05, 0.1) is 70.2 Å². The molecule has 0 fully saturated rings. The van der Waals surface area contributed by atoms with Gasteiger partial charge in [-0.15, -0.1) is 0 Å². The second-order valence-corrected chi connectivity index (χ2v) is 42.0. The van der Waals surface area contributed by atoms with Crippen LogP contribution in [0.2, 0.25) is 0 Å². The summed E-state index contributed by atoms with van der Waals surface area (Å²) >= 11 is 0. The number of unbranched alkanes of at least 4 members (excludes halogenated alkanes) is 58. The summed E-state index contributed by atoms with van der Waals surface area (Å²) in [4.78, 5) is 71.6. The summed E-state index contributed by atoms with van der Waals surface area (Å²) in [6, 6.07) is 0. The Kier molecular flexibility index (Phi) is 122. The van der Waals surface area contributed by atoms with Gasteiger partial charge in [-0.3, -0.25) is 28.8 Å². The summed E-state index contributed by atoms with van der Waals surface area (Å²) < 4.78 is 37.4. The molecule has 844 valence electrons. The molecular weight excluding hydrogens is 1790 g/mol. The van der Waals surface area contributed by atoms with Gasteiger partial charge in [0.15, 0.2) is 0 Å². The zero-order valence-corrected chi connectivity index (χ0v) is 94.9. The molecule has 0 saturated carbocycles. The lowest BCUT2D eigenvalue weighted by molar-refractivity contribution is -0.147. The van der Waals surface area contributed by atoms with E-state index in [1.165, 1.54) is 238 Å². The first-order valence-electron chi connectivity index (χ1n) is 61.5. The largest absolute Gasteiger partial charge is 0.466 e. The molecule has 6 unspecified atom stereocenters. The molecule has 0 amide bonds. The van der Waals surface area contributed by atoms with Crippen LogP contribution in [0.1, 0.15) is 626 Å². The Bertz CT molecular complexity index is 2540. The predicted octanol–water partition coefficient (Wildman–Crippen LogP) is 35.1. The Hall–Kier alpha value is -4.46. The van der Waals surface area contributed by atoms with E-state index in [1.54, 1.807) is 0 Å². The average molecular weight is 2030 g/mol. The summed E-state index contributed by atoms with van der Waals surface area (Å²) in [6.07, 6.45) is 113. The quantitative estimate of drug-likeness (QED) is 0.0164. The van der Waals surface area contributed by atoms with Crippen molar-refractivity contribution in [2.75, 3.05) is 52.9 Å². The second-order valence-electron chi connectivity index (χ2n) is 42.0. The number of aliphatic hydroxyl groups is 5. The van der Waals surface area contributed by atoms with Gasteiger partial charge in [0.2, 0.25) is 0 Å². The first kappa shape index (κ1) is 143. The minimum absolute atomic E-state index is 0.0488. The van der Waals surface area contributed by atoms with Crippen LogP contribution in [-0.4, -0.2) is 145 Å². The molecule has 0 aliphatic rings. The highest BCUT2D eigenvalue weighted by Gasteiger charge is 2.14.